The van der Waals surface area contributed by atoms with Crippen LogP contribution in [-0.4, -0.2) is 36.0 Å². The van der Waals surface area contributed by atoms with Gasteiger partial charge in [-0.1, -0.05) is 19.9 Å². The summed E-state index contributed by atoms with van der Waals surface area (Å²) in [5.41, 5.74) is 4.89. The van der Waals surface area contributed by atoms with Crippen LogP contribution in [0, 0.1) is 11.7 Å². The standard InChI is InChI=1S/C27H22FN7OS/c1-14(2)8-23(36)31-16-9-15(12-29-13-16)17-10-18-21(11-19(17)28)34-35-24(18)27-32-20-5-6-30-26(25(20)33-27)22-4-3-7-37-22/h3-7,9-14H,8H2,1-2H3,(H,31,36)(H,32,33)(H,34,35). The third-order valence-electron chi connectivity index (χ3n) is 5.96. The molecular formula is C27H22FN7OS. The highest BCUT2D eigenvalue weighted by Crippen LogP contribution is 2.34. The van der Waals surface area contributed by atoms with Crippen LogP contribution in [0.3, 0.4) is 0 Å². The van der Waals surface area contributed by atoms with Gasteiger partial charge < -0.3 is 10.3 Å². The molecule has 0 fully saturated rings. The molecule has 0 aliphatic rings. The van der Waals surface area contributed by atoms with E-state index >= 15 is 4.39 Å². The molecule has 184 valence electrons. The Bertz CT molecular complexity index is 1750. The van der Waals surface area contributed by atoms with E-state index in [1.165, 1.54) is 6.07 Å². The van der Waals surface area contributed by atoms with Crippen LogP contribution in [0.25, 0.3) is 55.2 Å². The predicted octanol–water partition coefficient (Wildman–Crippen LogP) is 6.42. The molecule has 0 aliphatic heterocycles. The molecule has 0 unspecified atom stereocenters. The van der Waals surface area contributed by atoms with Gasteiger partial charge in [0.15, 0.2) is 5.82 Å². The average Bonchev–Trinajstić information content (AvgIpc) is 3.62. The van der Waals surface area contributed by atoms with E-state index in [1.54, 1.807) is 42.1 Å². The molecule has 37 heavy (non-hydrogen) atoms. The van der Waals surface area contributed by atoms with Gasteiger partial charge in [0.1, 0.15) is 22.7 Å². The largest absolute Gasteiger partial charge is 0.336 e. The number of halogens is 1. The van der Waals surface area contributed by atoms with Gasteiger partial charge in [0, 0.05) is 41.4 Å². The summed E-state index contributed by atoms with van der Waals surface area (Å²) < 4.78 is 15.2. The van der Waals surface area contributed by atoms with Crippen LogP contribution >= 0.6 is 11.3 Å². The Morgan fingerprint density at radius 3 is 2.84 bits per heavy atom. The summed E-state index contributed by atoms with van der Waals surface area (Å²) in [6.07, 6.45) is 5.26. The Balaban J connectivity index is 1.41. The fourth-order valence-electron chi connectivity index (χ4n) is 4.32. The maximum absolute atomic E-state index is 15.2. The summed E-state index contributed by atoms with van der Waals surface area (Å²) in [6, 6.07) is 10.7. The van der Waals surface area contributed by atoms with Gasteiger partial charge in [-0.15, -0.1) is 11.3 Å². The first-order valence-electron chi connectivity index (χ1n) is 11.8. The van der Waals surface area contributed by atoms with Crippen LogP contribution in [-0.2, 0) is 4.79 Å². The van der Waals surface area contributed by atoms with Gasteiger partial charge in [0.05, 0.1) is 27.8 Å². The molecule has 5 heterocycles. The normalized spacial score (nSPS) is 11.6. The molecule has 1 amide bonds. The summed E-state index contributed by atoms with van der Waals surface area (Å²) in [5.74, 6) is 0.246. The van der Waals surface area contributed by atoms with Gasteiger partial charge in [-0.25, -0.2) is 9.37 Å². The molecule has 5 aromatic heterocycles. The lowest BCUT2D eigenvalue weighted by atomic mass is 10.0. The maximum atomic E-state index is 15.2. The highest BCUT2D eigenvalue weighted by atomic mass is 32.1. The number of rotatable bonds is 6. The van der Waals surface area contributed by atoms with Crippen molar-refractivity contribution in [3.63, 3.8) is 0 Å². The number of thiophene rings is 1. The fraction of sp³-hybridized carbons (Fsp3) is 0.148. The zero-order valence-electron chi connectivity index (χ0n) is 20.0. The number of carbonyl (C=O) groups is 1. The summed E-state index contributed by atoms with van der Waals surface area (Å²) in [4.78, 5) is 30.1. The number of nitrogens with one attached hydrogen (secondary N) is 3. The lowest BCUT2D eigenvalue weighted by molar-refractivity contribution is -0.116. The molecule has 6 aromatic rings. The Morgan fingerprint density at radius 1 is 1.14 bits per heavy atom. The number of pyridine rings is 2. The molecule has 0 spiro atoms. The van der Waals surface area contributed by atoms with Crippen molar-refractivity contribution < 1.29 is 9.18 Å². The van der Waals surface area contributed by atoms with Crippen molar-refractivity contribution in [1.29, 1.82) is 0 Å². The lowest BCUT2D eigenvalue weighted by Crippen LogP contribution is -2.14. The molecule has 0 aliphatic carbocycles. The van der Waals surface area contributed by atoms with Crippen LogP contribution in [0.5, 0.6) is 0 Å². The Labute approximate surface area is 215 Å². The smallest absolute Gasteiger partial charge is 0.224 e. The van der Waals surface area contributed by atoms with E-state index in [-0.39, 0.29) is 11.8 Å². The Kier molecular flexibility index (Phi) is 5.72. The van der Waals surface area contributed by atoms with E-state index in [9.17, 15) is 4.79 Å². The summed E-state index contributed by atoms with van der Waals surface area (Å²) in [7, 11) is 0. The number of imidazole rings is 1. The van der Waals surface area contributed by atoms with Crippen LogP contribution in [0.15, 0.2) is 60.4 Å². The first-order valence-corrected chi connectivity index (χ1v) is 12.7. The SMILES string of the molecule is CC(C)CC(=O)Nc1cncc(-c2cc3c(-c4nc5c(-c6cccs6)nccc5[nH]4)n[nH]c3cc2F)c1. The molecule has 0 saturated heterocycles. The number of benzene rings is 1. The zero-order chi connectivity index (χ0) is 25.5. The Hall–Kier alpha value is -4.44. The molecule has 10 heteroatoms. The van der Waals surface area contributed by atoms with Gasteiger partial charge in [-0.3, -0.25) is 19.9 Å². The van der Waals surface area contributed by atoms with Gasteiger partial charge >= 0.3 is 0 Å². The number of aromatic nitrogens is 6. The molecule has 6 rings (SSSR count). The molecule has 8 nitrogen and oxygen atoms in total. The number of anilines is 1. The summed E-state index contributed by atoms with van der Waals surface area (Å²) in [5, 5.41) is 12.9. The minimum absolute atomic E-state index is 0.108. The van der Waals surface area contributed by atoms with Crippen LogP contribution < -0.4 is 5.32 Å². The molecule has 0 bridgehead atoms. The van der Waals surface area contributed by atoms with Crippen molar-refractivity contribution in [2.24, 2.45) is 5.92 Å². The topological polar surface area (TPSA) is 112 Å². The number of aromatic amines is 2. The van der Waals surface area contributed by atoms with Crippen molar-refractivity contribution in [3.8, 4) is 33.2 Å². The lowest BCUT2D eigenvalue weighted by Gasteiger charge is -2.09. The number of amides is 1. The molecule has 0 radical (unpaired) electrons. The summed E-state index contributed by atoms with van der Waals surface area (Å²) >= 11 is 1.60. The minimum atomic E-state index is -0.427. The van der Waals surface area contributed by atoms with Crippen LogP contribution in [0.2, 0.25) is 0 Å². The first kappa shape index (κ1) is 23.0. The van der Waals surface area contributed by atoms with Crippen LogP contribution in [0.4, 0.5) is 10.1 Å². The van der Waals surface area contributed by atoms with E-state index in [1.807, 2.05) is 37.4 Å². The second-order valence-electron chi connectivity index (χ2n) is 9.18. The zero-order valence-corrected chi connectivity index (χ0v) is 20.9. The molecule has 3 N–H and O–H groups in total. The number of H-pyrrole nitrogens is 2. The van der Waals surface area contributed by atoms with Crippen molar-refractivity contribution in [2.75, 3.05) is 5.32 Å². The third-order valence-corrected chi connectivity index (χ3v) is 6.83. The average molecular weight is 512 g/mol. The van der Waals surface area contributed by atoms with E-state index in [0.717, 1.165) is 21.6 Å². The third kappa shape index (κ3) is 4.36. The van der Waals surface area contributed by atoms with Gasteiger partial charge in [0.25, 0.3) is 0 Å². The Morgan fingerprint density at radius 2 is 2.03 bits per heavy atom. The van der Waals surface area contributed by atoms with E-state index < -0.39 is 5.82 Å². The van der Waals surface area contributed by atoms with Crippen molar-refractivity contribution in [1.82, 2.24) is 30.1 Å². The van der Waals surface area contributed by atoms with Crippen molar-refractivity contribution in [3.05, 3.63) is 66.2 Å². The fourth-order valence-corrected chi connectivity index (χ4v) is 5.04. The molecule has 0 saturated carbocycles. The second kappa shape index (κ2) is 9.21. The number of carbonyl (C=O) groups excluding carboxylic acids is 1. The van der Waals surface area contributed by atoms with E-state index in [2.05, 4.69) is 30.5 Å². The molecule has 0 atom stereocenters. The van der Waals surface area contributed by atoms with Gasteiger partial charge in [-0.2, -0.15) is 5.10 Å². The van der Waals surface area contributed by atoms with E-state index in [0.29, 0.717) is 45.7 Å². The quantitative estimate of drug-likeness (QED) is 0.239. The predicted molar refractivity (Wildman–Crippen MR) is 144 cm³/mol. The number of hydrogen-bond acceptors (Lipinski definition) is 6. The highest BCUT2D eigenvalue weighted by Gasteiger charge is 2.19. The first-order chi connectivity index (χ1) is 18.0. The maximum Gasteiger partial charge on any atom is 0.224 e. The summed E-state index contributed by atoms with van der Waals surface area (Å²) in [6.45, 7) is 3.95. The van der Waals surface area contributed by atoms with Crippen molar-refractivity contribution >= 4 is 44.9 Å². The second-order valence-corrected chi connectivity index (χ2v) is 10.1. The van der Waals surface area contributed by atoms with Crippen molar-refractivity contribution in [2.45, 2.75) is 20.3 Å². The minimum Gasteiger partial charge on any atom is -0.336 e. The number of hydrogen-bond donors (Lipinski definition) is 3. The van der Waals surface area contributed by atoms with E-state index in [4.69, 9.17) is 4.98 Å². The van der Waals surface area contributed by atoms with Gasteiger partial charge in [-0.05, 0) is 35.6 Å². The number of nitrogens with zero attached hydrogens (tertiary/aromatic N) is 4. The monoisotopic (exact) mass is 511 g/mol. The molecular weight excluding hydrogens is 489 g/mol. The van der Waals surface area contributed by atoms with Crippen LogP contribution in [0.1, 0.15) is 20.3 Å². The number of fused-ring (bicyclic) bond motifs is 2. The highest BCUT2D eigenvalue weighted by molar-refractivity contribution is 7.13. The van der Waals surface area contributed by atoms with Gasteiger partial charge in [0.2, 0.25) is 5.91 Å². The molecule has 1 aromatic carbocycles.